The van der Waals surface area contributed by atoms with Gasteiger partial charge >= 0.3 is 5.97 Å². The van der Waals surface area contributed by atoms with E-state index in [9.17, 15) is 9.59 Å². The fourth-order valence-corrected chi connectivity index (χ4v) is 2.55. The van der Waals surface area contributed by atoms with Crippen LogP contribution in [0.15, 0.2) is 23.0 Å². The lowest BCUT2D eigenvalue weighted by Crippen LogP contribution is -2.09. The topological polar surface area (TPSA) is 59.2 Å². The van der Waals surface area contributed by atoms with Crippen LogP contribution in [0.4, 0.5) is 0 Å². The Balaban J connectivity index is 2.50. The minimum absolute atomic E-state index is 0.114. The number of ether oxygens (including phenoxy) is 1. The summed E-state index contributed by atoms with van der Waals surface area (Å²) in [6.07, 6.45) is 4.26. The molecule has 0 spiro atoms. The zero-order valence-electron chi connectivity index (χ0n) is 12.8. The van der Waals surface area contributed by atoms with Crippen molar-refractivity contribution in [2.75, 3.05) is 0 Å². The van der Waals surface area contributed by atoms with Gasteiger partial charge in [-0.25, -0.2) is 0 Å². The van der Waals surface area contributed by atoms with Crippen LogP contribution in [0.2, 0.25) is 0 Å². The molecule has 0 unspecified atom stereocenters. The third kappa shape index (κ3) is 3.51. The summed E-state index contributed by atoms with van der Waals surface area (Å²) in [6, 6.07) is 5.38. The molecule has 0 fully saturated rings. The summed E-state index contributed by atoms with van der Waals surface area (Å²) >= 11 is 0. The SMILES string of the molecule is CCCCCc1cc(=O)[nH]c2c(C)c(OC(C)=O)ccc12. The quantitative estimate of drug-likeness (QED) is 0.520. The zero-order chi connectivity index (χ0) is 15.4. The predicted octanol–water partition coefficient (Wildman–Crippen LogP) is 3.49. The summed E-state index contributed by atoms with van der Waals surface area (Å²) in [4.78, 5) is 25.8. The molecule has 21 heavy (non-hydrogen) atoms. The van der Waals surface area contributed by atoms with Gasteiger partial charge in [-0.05, 0) is 37.5 Å². The van der Waals surface area contributed by atoms with Gasteiger partial charge in [0.15, 0.2) is 0 Å². The Morgan fingerprint density at radius 1 is 1.29 bits per heavy atom. The molecule has 0 aliphatic heterocycles. The van der Waals surface area contributed by atoms with Crippen LogP contribution in [0.25, 0.3) is 10.9 Å². The van der Waals surface area contributed by atoms with E-state index in [1.54, 1.807) is 12.1 Å². The van der Waals surface area contributed by atoms with Gasteiger partial charge in [0.2, 0.25) is 5.56 Å². The molecule has 1 N–H and O–H groups in total. The van der Waals surface area contributed by atoms with Crippen molar-refractivity contribution < 1.29 is 9.53 Å². The molecule has 0 atom stereocenters. The maximum atomic E-state index is 11.9. The molecule has 0 radical (unpaired) electrons. The molecule has 0 aliphatic rings. The highest BCUT2D eigenvalue weighted by Gasteiger charge is 2.11. The van der Waals surface area contributed by atoms with Crippen LogP contribution in [-0.4, -0.2) is 11.0 Å². The van der Waals surface area contributed by atoms with Crippen molar-refractivity contribution >= 4 is 16.9 Å². The van der Waals surface area contributed by atoms with Gasteiger partial charge in [-0.2, -0.15) is 0 Å². The first-order valence-electron chi connectivity index (χ1n) is 7.37. The first-order chi connectivity index (χ1) is 10.0. The van der Waals surface area contributed by atoms with Crippen LogP contribution in [0.1, 0.15) is 44.2 Å². The van der Waals surface area contributed by atoms with E-state index in [2.05, 4.69) is 11.9 Å². The minimum Gasteiger partial charge on any atom is -0.426 e. The summed E-state index contributed by atoms with van der Waals surface area (Å²) in [6.45, 7) is 5.38. The van der Waals surface area contributed by atoms with Gasteiger partial charge in [0.25, 0.3) is 0 Å². The molecular weight excluding hydrogens is 266 g/mol. The van der Waals surface area contributed by atoms with Crippen LogP contribution in [-0.2, 0) is 11.2 Å². The average Bonchev–Trinajstić information content (AvgIpc) is 2.42. The fraction of sp³-hybridized carbons (Fsp3) is 0.412. The van der Waals surface area contributed by atoms with E-state index >= 15 is 0 Å². The van der Waals surface area contributed by atoms with Crippen molar-refractivity contribution in [1.29, 1.82) is 0 Å². The molecule has 112 valence electrons. The number of aryl methyl sites for hydroxylation is 2. The summed E-state index contributed by atoms with van der Waals surface area (Å²) in [5.41, 5.74) is 2.49. The molecule has 2 aromatic rings. The third-order valence-electron chi connectivity index (χ3n) is 3.62. The predicted molar refractivity (Wildman–Crippen MR) is 83.8 cm³/mol. The van der Waals surface area contributed by atoms with Crippen LogP contribution in [0.3, 0.4) is 0 Å². The first-order valence-corrected chi connectivity index (χ1v) is 7.37. The van der Waals surface area contributed by atoms with Gasteiger partial charge in [-0.1, -0.05) is 19.8 Å². The fourth-order valence-electron chi connectivity index (χ4n) is 2.55. The molecule has 4 heteroatoms. The first kappa shape index (κ1) is 15.3. The minimum atomic E-state index is -0.362. The third-order valence-corrected chi connectivity index (χ3v) is 3.62. The normalized spacial score (nSPS) is 10.8. The number of esters is 1. The number of fused-ring (bicyclic) bond motifs is 1. The number of pyridine rings is 1. The number of nitrogens with one attached hydrogen (secondary N) is 1. The molecular formula is C17H21NO3. The standard InChI is InChI=1S/C17H21NO3/c1-4-5-6-7-13-10-16(20)18-17-11(2)15(21-12(3)19)9-8-14(13)17/h8-10H,4-7H2,1-3H3,(H,18,20). The van der Waals surface area contributed by atoms with Gasteiger partial charge in [-0.3, -0.25) is 9.59 Å². The number of aromatic nitrogens is 1. The van der Waals surface area contributed by atoms with Gasteiger partial charge in [0, 0.05) is 23.9 Å². The van der Waals surface area contributed by atoms with Crippen molar-refractivity contribution in [3.8, 4) is 5.75 Å². The van der Waals surface area contributed by atoms with Gasteiger partial charge < -0.3 is 9.72 Å². The van der Waals surface area contributed by atoms with Crippen molar-refractivity contribution in [3.63, 3.8) is 0 Å². The van der Waals surface area contributed by atoms with Gasteiger partial charge in [-0.15, -0.1) is 0 Å². The van der Waals surface area contributed by atoms with E-state index in [4.69, 9.17) is 4.74 Å². The second kappa shape index (κ2) is 6.57. The number of benzene rings is 1. The summed E-state index contributed by atoms with van der Waals surface area (Å²) < 4.78 is 5.17. The van der Waals surface area contributed by atoms with Gasteiger partial charge in [0.05, 0.1) is 5.52 Å². The van der Waals surface area contributed by atoms with E-state index in [1.165, 1.54) is 6.92 Å². The van der Waals surface area contributed by atoms with E-state index < -0.39 is 0 Å². The molecule has 0 amide bonds. The molecule has 1 heterocycles. The molecule has 0 saturated heterocycles. The molecule has 1 aromatic carbocycles. The zero-order valence-corrected chi connectivity index (χ0v) is 12.8. The number of unbranched alkanes of at least 4 members (excludes halogenated alkanes) is 2. The lowest BCUT2D eigenvalue weighted by molar-refractivity contribution is -0.131. The Morgan fingerprint density at radius 2 is 2.05 bits per heavy atom. The second-order valence-corrected chi connectivity index (χ2v) is 5.32. The van der Waals surface area contributed by atoms with E-state index in [0.29, 0.717) is 5.75 Å². The van der Waals surface area contributed by atoms with E-state index in [-0.39, 0.29) is 11.5 Å². The van der Waals surface area contributed by atoms with Crippen molar-refractivity contribution in [1.82, 2.24) is 4.98 Å². The van der Waals surface area contributed by atoms with Gasteiger partial charge in [0.1, 0.15) is 5.75 Å². The molecule has 2 rings (SSSR count). The number of aromatic amines is 1. The number of hydrogen-bond donors (Lipinski definition) is 1. The molecule has 1 aromatic heterocycles. The summed E-state index contributed by atoms with van der Waals surface area (Å²) in [5.74, 6) is 0.134. The van der Waals surface area contributed by atoms with Crippen LogP contribution < -0.4 is 10.3 Å². The largest absolute Gasteiger partial charge is 0.426 e. The Labute approximate surface area is 124 Å². The Bertz CT molecular complexity index is 716. The number of rotatable bonds is 5. The smallest absolute Gasteiger partial charge is 0.308 e. The van der Waals surface area contributed by atoms with Crippen molar-refractivity contribution in [2.24, 2.45) is 0 Å². The molecule has 0 saturated carbocycles. The maximum Gasteiger partial charge on any atom is 0.308 e. The van der Waals surface area contributed by atoms with Crippen LogP contribution in [0, 0.1) is 6.92 Å². The molecule has 0 bridgehead atoms. The number of carbonyl (C=O) groups excluding carboxylic acids is 1. The highest BCUT2D eigenvalue weighted by molar-refractivity contribution is 5.87. The average molecular weight is 287 g/mol. The monoisotopic (exact) mass is 287 g/mol. The van der Waals surface area contributed by atoms with Crippen LogP contribution in [0.5, 0.6) is 5.75 Å². The van der Waals surface area contributed by atoms with E-state index in [1.807, 2.05) is 13.0 Å². The highest BCUT2D eigenvalue weighted by atomic mass is 16.5. The Kier molecular flexibility index (Phi) is 4.78. The number of carbonyl (C=O) groups is 1. The number of hydrogen-bond acceptors (Lipinski definition) is 3. The molecule has 0 aliphatic carbocycles. The Hall–Kier alpha value is -2.10. The summed E-state index contributed by atoms with van der Waals surface area (Å²) in [5, 5.41) is 1.03. The maximum absolute atomic E-state index is 11.9. The Morgan fingerprint density at radius 3 is 2.71 bits per heavy atom. The highest BCUT2D eigenvalue weighted by Crippen LogP contribution is 2.27. The lowest BCUT2D eigenvalue weighted by Gasteiger charge is -2.11. The van der Waals surface area contributed by atoms with Crippen molar-refractivity contribution in [3.05, 3.63) is 39.7 Å². The summed E-state index contributed by atoms with van der Waals surface area (Å²) in [7, 11) is 0. The second-order valence-electron chi connectivity index (χ2n) is 5.32. The van der Waals surface area contributed by atoms with E-state index in [0.717, 1.165) is 47.7 Å². The van der Waals surface area contributed by atoms with Crippen molar-refractivity contribution in [2.45, 2.75) is 46.5 Å². The molecule has 4 nitrogen and oxygen atoms in total. The van der Waals surface area contributed by atoms with Crippen LogP contribution >= 0.6 is 0 Å². The lowest BCUT2D eigenvalue weighted by atomic mass is 10.0. The number of H-pyrrole nitrogens is 1.